The van der Waals surface area contributed by atoms with Gasteiger partial charge in [-0.1, -0.05) is 18.2 Å². The summed E-state index contributed by atoms with van der Waals surface area (Å²) in [6, 6.07) is 7.32. The standard InChI is InChI=1S/C10H8N2OS/c1-7-4-3-5-8(6-7)9-11-14-10(13)12(9)2/h1,3-6H,2H3. The molecule has 0 saturated heterocycles. The molecular weight excluding hydrogens is 196 g/mol. The molecule has 0 spiro atoms. The van der Waals surface area contributed by atoms with Crippen molar-refractivity contribution >= 4 is 11.5 Å². The van der Waals surface area contributed by atoms with Gasteiger partial charge in [0.15, 0.2) is 5.82 Å². The van der Waals surface area contributed by atoms with Crippen LogP contribution in [0.5, 0.6) is 0 Å². The first-order chi connectivity index (χ1) is 6.68. The van der Waals surface area contributed by atoms with Crippen LogP contribution in [0.1, 0.15) is 5.56 Å². The number of benzene rings is 1. The van der Waals surface area contributed by atoms with Crippen molar-refractivity contribution in [3.63, 3.8) is 0 Å². The van der Waals surface area contributed by atoms with Crippen LogP contribution in [0, 0.1) is 6.92 Å². The fourth-order valence-corrected chi connectivity index (χ4v) is 1.82. The molecule has 2 aromatic rings. The molecule has 1 heterocycles. The lowest BCUT2D eigenvalue weighted by Gasteiger charge is -2.00. The van der Waals surface area contributed by atoms with Crippen molar-refractivity contribution in [2.45, 2.75) is 0 Å². The highest BCUT2D eigenvalue weighted by molar-refractivity contribution is 7.03. The van der Waals surface area contributed by atoms with Crippen LogP contribution in [-0.2, 0) is 7.05 Å². The summed E-state index contributed by atoms with van der Waals surface area (Å²) >= 11 is 0.948. The molecule has 0 N–H and O–H groups in total. The van der Waals surface area contributed by atoms with Crippen molar-refractivity contribution < 1.29 is 0 Å². The summed E-state index contributed by atoms with van der Waals surface area (Å²) in [5.41, 5.74) is 1.54. The maximum atomic E-state index is 11.2. The highest BCUT2D eigenvalue weighted by Gasteiger charge is 2.06. The van der Waals surface area contributed by atoms with E-state index in [1.165, 1.54) is 4.57 Å². The molecule has 0 aliphatic rings. The maximum Gasteiger partial charge on any atom is 0.326 e. The largest absolute Gasteiger partial charge is 0.326 e. The van der Waals surface area contributed by atoms with E-state index in [4.69, 9.17) is 6.92 Å². The van der Waals surface area contributed by atoms with E-state index in [-0.39, 0.29) is 4.87 Å². The summed E-state index contributed by atoms with van der Waals surface area (Å²) in [5.74, 6) is 0.660. The molecule has 1 aromatic carbocycles. The Balaban J connectivity index is 2.60. The molecule has 70 valence electrons. The first-order valence-corrected chi connectivity index (χ1v) is 4.84. The Labute approximate surface area is 85.8 Å². The van der Waals surface area contributed by atoms with Crippen molar-refractivity contribution in [2.75, 3.05) is 0 Å². The van der Waals surface area contributed by atoms with E-state index in [2.05, 4.69) is 4.37 Å². The van der Waals surface area contributed by atoms with E-state index < -0.39 is 0 Å². The molecule has 0 aliphatic heterocycles. The molecule has 3 nitrogen and oxygen atoms in total. The average Bonchev–Trinajstić information content (AvgIpc) is 2.48. The molecule has 0 fully saturated rings. The van der Waals surface area contributed by atoms with Crippen LogP contribution < -0.4 is 4.87 Å². The molecule has 0 saturated carbocycles. The molecule has 4 heteroatoms. The monoisotopic (exact) mass is 204 g/mol. The highest BCUT2D eigenvalue weighted by atomic mass is 32.1. The zero-order chi connectivity index (χ0) is 10.1. The Hall–Kier alpha value is -1.42. The van der Waals surface area contributed by atoms with Crippen molar-refractivity contribution in [3.8, 4) is 11.4 Å². The first-order valence-electron chi connectivity index (χ1n) is 4.07. The van der Waals surface area contributed by atoms with Gasteiger partial charge in [-0.3, -0.25) is 9.36 Å². The number of hydrogen-bond donors (Lipinski definition) is 0. The minimum Gasteiger partial charge on any atom is -0.285 e. The fourth-order valence-electron chi connectivity index (χ4n) is 1.22. The Morgan fingerprint density at radius 2 is 2.29 bits per heavy atom. The molecule has 0 bridgehead atoms. The fraction of sp³-hybridized carbons (Fsp3) is 0.100. The number of nitrogens with zero attached hydrogens (tertiary/aromatic N) is 2. The van der Waals surface area contributed by atoms with Gasteiger partial charge in [-0.05, 0) is 18.6 Å². The zero-order valence-electron chi connectivity index (χ0n) is 7.60. The third kappa shape index (κ3) is 1.48. The van der Waals surface area contributed by atoms with Gasteiger partial charge in [0.25, 0.3) is 0 Å². The van der Waals surface area contributed by atoms with Crippen LogP contribution in [-0.4, -0.2) is 8.94 Å². The lowest BCUT2D eigenvalue weighted by Crippen LogP contribution is -2.08. The molecule has 0 unspecified atom stereocenters. The van der Waals surface area contributed by atoms with E-state index >= 15 is 0 Å². The summed E-state index contributed by atoms with van der Waals surface area (Å²) in [7, 11) is 1.70. The summed E-state index contributed by atoms with van der Waals surface area (Å²) in [6.07, 6.45) is 0. The second-order valence-corrected chi connectivity index (χ2v) is 3.67. The molecule has 2 radical (unpaired) electrons. The molecule has 1 aromatic heterocycles. The minimum atomic E-state index is -0.0672. The van der Waals surface area contributed by atoms with Crippen molar-refractivity contribution in [1.29, 1.82) is 0 Å². The highest BCUT2D eigenvalue weighted by Crippen LogP contribution is 2.16. The maximum absolute atomic E-state index is 11.2. The van der Waals surface area contributed by atoms with Gasteiger partial charge in [0.05, 0.1) is 0 Å². The van der Waals surface area contributed by atoms with Gasteiger partial charge in [-0.25, -0.2) is 0 Å². The molecule has 0 amide bonds. The summed E-state index contributed by atoms with van der Waals surface area (Å²) < 4.78 is 5.58. The van der Waals surface area contributed by atoms with Gasteiger partial charge >= 0.3 is 4.87 Å². The van der Waals surface area contributed by atoms with E-state index in [1.807, 2.05) is 12.1 Å². The third-order valence-electron chi connectivity index (χ3n) is 1.95. The second kappa shape index (κ2) is 3.38. The van der Waals surface area contributed by atoms with E-state index in [0.29, 0.717) is 11.4 Å². The topological polar surface area (TPSA) is 34.9 Å². The van der Waals surface area contributed by atoms with Crippen LogP contribution >= 0.6 is 11.5 Å². The van der Waals surface area contributed by atoms with Crippen molar-refractivity contribution in [2.24, 2.45) is 7.05 Å². The first kappa shape index (κ1) is 9.15. The Morgan fingerprint density at radius 1 is 1.50 bits per heavy atom. The van der Waals surface area contributed by atoms with Gasteiger partial charge < -0.3 is 0 Å². The predicted octanol–water partition coefficient (Wildman–Crippen LogP) is 1.57. The molecule has 14 heavy (non-hydrogen) atoms. The van der Waals surface area contributed by atoms with E-state index in [1.54, 1.807) is 19.2 Å². The smallest absolute Gasteiger partial charge is 0.285 e. The van der Waals surface area contributed by atoms with E-state index in [9.17, 15) is 4.79 Å². The van der Waals surface area contributed by atoms with Crippen LogP contribution in [0.15, 0.2) is 29.1 Å². The molecule has 0 atom stereocenters. The SMILES string of the molecule is [CH]c1cccc(-c2nsc(=O)n2C)c1. The summed E-state index contributed by atoms with van der Waals surface area (Å²) in [6.45, 7) is 5.64. The van der Waals surface area contributed by atoms with Gasteiger partial charge in [0.2, 0.25) is 0 Å². The summed E-state index contributed by atoms with van der Waals surface area (Å²) in [4.78, 5) is 11.1. The Bertz CT molecular complexity index is 513. The lowest BCUT2D eigenvalue weighted by atomic mass is 10.1. The Kier molecular flexibility index (Phi) is 2.21. The van der Waals surface area contributed by atoms with E-state index in [0.717, 1.165) is 17.1 Å². The van der Waals surface area contributed by atoms with Gasteiger partial charge in [0, 0.05) is 24.1 Å². The van der Waals surface area contributed by atoms with Crippen LogP contribution in [0.2, 0.25) is 0 Å². The van der Waals surface area contributed by atoms with Crippen molar-refractivity contribution in [1.82, 2.24) is 8.94 Å². The number of hydrogen-bond acceptors (Lipinski definition) is 3. The van der Waals surface area contributed by atoms with Gasteiger partial charge in [0.1, 0.15) is 0 Å². The molecule has 0 aliphatic carbocycles. The van der Waals surface area contributed by atoms with Gasteiger partial charge in [-0.15, -0.1) is 0 Å². The Morgan fingerprint density at radius 3 is 2.86 bits per heavy atom. The van der Waals surface area contributed by atoms with Crippen molar-refractivity contribution in [3.05, 3.63) is 46.4 Å². The second-order valence-electron chi connectivity index (χ2n) is 2.96. The average molecular weight is 204 g/mol. The molecular formula is C10H8N2OS. The number of rotatable bonds is 1. The minimum absolute atomic E-state index is 0.0672. The molecule has 2 rings (SSSR count). The lowest BCUT2D eigenvalue weighted by molar-refractivity contribution is 0.892. The van der Waals surface area contributed by atoms with Gasteiger partial charge in [-0.2, -0.15) is 4.37 Å². The summed E-state index contributed by atoms with van der Waals surface area (Å²) in [5, 5.41) is 0. The van der Waals surface area contributed by atoms with Crippen LogP contribution in [0.25, 0.3) is 11.4 Å². The normalized spacial score (nSPS) is 10.4. The third-order valence-corrected chi connectivity index (χ3v) is 2.64. The zero-order valence-corrected chi connectivity index (χ0v) is 8.41. The number of aromatic nitrogens is 2. The van der Waals surface area contributed by atoms with Crippen LogP contribution in [0.4, 0.5) is 0 Å². The quantitative estimate of drug-likeness (QED) is 0.706. The van der Waals surface area contributed by atoms with Crippen LogP contribution in [0.3, 0.4) is 0 Å². The predicted molar refractivity (Wildman–Crippen MR) is 56.2 cm³/mol.